The molecule has 2 aromatic rings. The first-order valence-electron chi connectivity index (χ1n) is 14.1. The van der Waals surface area contributed by atoms with E-state index >= 15 is 0 Å². The highest BCUT2D eigenvalue weighted by atomic mass is 35.5. The van der Waals surface area contributed by atoms with E-state index in [9.17, 15) is 27.2 Å². The minimum atomic E-state index is -4.00. The van der Waals surface area contributed by atoms with E-state index in [1.165, 1.54) is 40.7 Å². The molecular weight excluding hydrogens is 585 g/mol. The van der Waals surface area contributed by atoms with Gasteiger partial charge in [-0.3, -0.25) is 14.4 Å². The van der Waals surface area contributed by atoms with Crippen LogP contribution in [0.2, 0.25) is 5.02 Å². The number of halogens is 2. The third kappa shape index (κ3) is 9.50. The molecule has 0 atom stereocenters. The molecule has 1 aliphatic heterocycles. The summed E-state index contributed by atoms with van der Waals surface area (Å²) in [6.07, 6.45) is 1.02. The second-order valence-corrected chi connectivity index (χ2v) is 13.1. The molecular formula is C30H39ClFN3O6S. The fourth-order valence-electron chi connectivity index (χ4n) is 4.89. The number of benzene rings is 2. The van der Waals surface area contributed by atoms with E-state index in [1.807, 2.05) is 13.8 Å². The number of carbonyl (C=O) groups is 3. The van der Waals surface area contributed by atoms with Gasteiger partial charge in [0.1, 0.15) is 5.82 Å². The van der Waals surface area contributed by atoms with Crippen molar-refractivity contribution in [2.45, 2.75) is 63.9 Å². The molecule has 0 aromatic heterocycles. The molecule has 0 aliphatic carbocycles. The average Bonchev–Trinajstić information content (AvgIpc) is 2.95. The van der Waals surface area contributed by atoms with Gasteiger partial charge in [0.05, 0.1) is 24.5 Å². The van der Waals surface area contributed by atoms with Crippen LogP contribution in [0, 0.1) is 11.7 Å². The number of piperidine rings is 1. The first kappa shape index (κ1) is 33.5. The van der Waals surface area contributed by atoms with E-state index in [-0.39, 0.29) is 67.8 Å². The van der Waals surface area contributed by atoms with Gasteiger partial charge in [0.15, 0.2) is 0 Å². The van der Waals surface area contributed by atoms with Crippen molar-refractivity contribution in [1.29, 1.82) is 0 Å². The number of sulfonamides is 1. The topological polar surface area (TPSA) is 104 Å². The van der Waals surface area contributed by atoms with Gasteiger partial charge in [0, 0.05) is 43.7 Å². The number of hydrogen-bond donors (Lipinski definition) is 0. The molecule has 1 fully saturated rings. The number of esters is 1. The molecule has 2 amide bonds. The van der Waals surface area contributed by atoms with Gasteiger partial charge in [-0.15, -0.1) is 0 Å². The summed E-state index contributed by atoms with van der Waals surface area (Å²) < 4.78 is 46.8. The Balaban J connectivity index is 1.78. The van der Waals surface area contributed by atoms with Gasteiger partial charge >= 0.3 is 5.97 Å². The van der Waals surface area contributed by atoms with Crippen molar-refractivity contribution in [2.24, 2.45) is 5.92 Å². The lowest BCUT2D eigenvalue weighted by Crippen LogP contribution is -2.51. The van der Waals surface area contributed by atoms with E-state index in [0.29, 0.717) is 36.5 Å². The maximum atomic E-state index is 13.9. The zero-order chi connectivity index (χ0) is 30.9. The number of rotatable bonds is 13. The molecule has 1 heterocycles. The molecule has 2 aromatic carbocycles. The van der Waals surface area contributed by atoms with Crippen LogP contribution in [0.1, 0.15) is 52.0 Å². The Morgan fingerprint density at radius 1 is 1.02 bits per heavy atom. The standard InChI is InChI=1S/C30H39ClFN3O6S/c1-4-41-30(38)14-13-28(36)33-17-15-26(16-18-33)35(20-23-5-9-25(32)10-6-23)29(37)21-34(19-22(2)3)42(39,40)27-11-7-24(31)8-12-27/h5-12,22,26H,4,13-21H2,1-3H3. The summed E-state index contributed by atoms with van der Waals surface area (Å²) in [5.41, 5.74) is 0.702. The zero-order valence-electron chi connectivity index (χ0n) is 24.3. The molecule has 0 bridgehead atoms. The molecule has 12 heteroatoms. The molecule has 42 heavy (non-hydrogen) atoms. The van der Waals surface area contributed by atoms with Crippen LogP contribution in [-0.2, 0) is 35.7 Å². The molecule has 0 N–H and O–H groups in total. The molecule has 9 nitrogen and oxygen atoms in total. The number of carbonyl (C=O) groups excluding carboxylic acids is 3. The van der Waals surface area contributed by atoms with Gasteiger partial charge in [0.25, 0.3) is 0 Å². The van der Waals surface area contributed by atoms with Crippen molar-refractivity contribution in [3.63, 3.8) is 0 Å². The summed E-state index contributed by atoms with van der Waals surface area (Å²) >= 11 is 5.96. The second-order valence-electron chi connectivity index (χ2n) is 10.7. The molecule has 0 saturated carbocycles. The predicted molar refractivity (Wildman–Crippen MR) is 157 cm³/mol. The van der Waals surface area contributed by atoms with Crippen molar-refractivity contribution >= 4 is 39.4 Å². The number of amides is 2. The van der Waals surface area contributed by atoms with Crippen molar-refractivity contribution in [3.05, 3.63) is 64.9 Å². The fourth-order valence-corrected chi connectivity index (χ4v) is 6.57. The van der Waals surface area contributed by atoms with Gasteiger partial charge in [-0.2, -0.15) is 4.31 Å². The van der Waals surface area contributed by atoms with Crippen molar-refractivity contribution in [1.82, 2.24) is 14.1 Å². The highest BCUT2D eigenvalue weighted by Crippen LogP contribution is 2.24. The van der Waals surface area contributed by atoms with Gasteiger partial charge in [-0.05, 0) is 67.6 Å². The lowest BCUT2D eigenvalue weighted by molar-refractivity contribution is -0.146. The largest absolute Gasteiger partial charge is 0.466 e. The molecule has 230 valence electrons. The van der Waals surface area contributed by atoms with Gasteiger partial charge < -0.3 is 14.5 Å². The summed E-state index contributed by atoms with van der Waals surface area (Å²) in [4.78, 5) is 41.6. The van der Waals surface area contributed by atoms with Crippen LogP contribution in [0.4, 0.5) is 4.39 Å². The van der Waals surface area contributed by atoms with Crippen LogP contribution in [0.15, 0.2) is 53.4 Å². The van der Waals surface area contributed by atoms with Crippen LogP contribution in [0.5, 0.6) is 0 Å². The Kier molecular flexibility index (Phi) is 12.3. The minimum Gasteiger partial charge on any atom is -0.466 e. The quantitative estimate of drug-likeness (QED) is 0.305. The SMILES string of the molecule is CCOC(=O)CCC(=O)N1CCC(N(Cc2ccc(F)cc2)C(=O)CN(CC(C)C)S(=O)(=O)c2ccc(Cl)cc2)CC1. The number of nitrogens with zero attached hydrogens (tertiary/aromatic N) is 3. The Morgan fingerprint density at radius 2 is 1.64 bits per heavy atom. The summed E-state index contributed by atoms with van der Waals surface area (Å²) in [6.45, 7) is 6.41. The lowest BCUT2D eigenvalue weighted by Gasteiger charge is -2.39. The van der Waals surface area contributed by atoms with E-state index in [1.54, 1.807) is 28.9 Å². The predicted octanol–water partition coefficient (Wildman–Crippen LogP) is 4.49. The Hall–Kier alpha value is -3.02. The number of likely N-dealkylation sites (tertiary alicyclic amines) is 1. The molecule has 0 unspecified atom stereocenters. The van der Waals surface area contributed by atoms with Crippen LogP contribution in [-0.4, -0.2) is 79.1 Å². The van der Waals surface area contributed by atoms with Gasteiger partial charge in [-0.1, -0.05) is 37.6 Å². The minimum absolute atomic E-state index is 0.00948. The number of ether oxygens (including phenoxy) is 1. The van der Waals surface area contributed by atoms with E-state index < -0.39 is 21.8 Å². The third-order valence-corrected chi connectivity index (χ3v) is 9.10. The molecule has 0 spiro atoms. The van der Waals surface area contributed by atoms with Crippen LogP contribution in [0.25, 0.3) is 0 Å². The van der Waals surface area contributed by atoms with Crippen LogP contribution in [0.3, 0.4) is 0 Å². The van der Waals surface area contributed by atoms with Gasteiger partial charge in [-0.25, -0.2) is 12.8 Å². The first-order chi connectivity index (χ1) is 19.9. The normalized spacial score (nSPS) is 14.3. The summed E-state index contributed by atoms with van der Waals surface area (Å²) in [5.74, 6) is -1.41. The Labute approximate surface area is 252 Å². The summed E-state index contributed by atoms with van der Waals surface area (Å²) in [5, 5.41) is 0.400. The van der Waals surface area contributed by atoms with Crippen molar-refractivity contribution < 1.29 is 31.9 Å². The first-order valence-corrected chi connectivity index (χ1v) is 16.0. The van der Waals surface area contributed by atoms with E-state index in [0.717, 1.165) is 0 Å². The molecule has 0 radical (unpaired) electrons. The summed E-state index contributed by atoms with van der Waals surface area (Å²) in [6, 6.07) is 11.4. The molecule has 1 saturated heterocycles. The molecule has 3 rings (SSSR count). The highest BCUT2D eigenvalue weighted by Gasteiger charge is 2.34. The third-order valence-electron chi connectivity index (χ3n) is 7.02. The zero-order valence-corrected chi connectivity index (χ0v) is 25.9. The maximum Gasteiger partial charge on any atom is 0.306 e. The van der Waals surface area contributed by atoms with Crippen LogP contribution >= 0.6 is 11.6 Å². The van der Waals surface area contributed by atoms with Crippen LogP contribution < -0.4 is 0 Å². The van der Waals surface area contributed by atoms with Crippen molar-refractivity contribution in [3.8, 4) is 0 Å². The van der Waals surface area contributed by atoms with E-state index in [4.69, 9.17) is 16.3 Å². The Bertz CT molecular complexity index is 1310. The fraction of sp³-hybridized carbons (Fsp3) is 0.500. The lowest BCUT2D eigenvalue weighted by atomic mass is 10.0. The second kappa shape index (κ2) is 15.5. The molecule has 1 aliphatic rings. The maximum absolute atomic E-state index is 13.9. The van der Waals surface area contributed by atoms with E-state index in [2.05, 4.69) is 0 Å². The smallest absolute Gasteiger partial charge is 0.306 e. The van der Waals surface area contributed by atoms with Gasteiger partial charge in [0.2, 0.25) is 21.8 Å². The summed E-state index contributed by atoms with van der Waals surface area (Å²) in [7, 11) is -4.00. The average molecular weight is 624 g/mol. The Morgan fingerprint density at radius 3 is 2.21 bits per heavy atom. The number of hydrogen-bond acceptors (Lipinski definition) is 6. The monoisotopic (exact) mass is 623 g/mol. The van der Waals surface area contributed by atoms with Crippen molar-refractivity contribution in [2.75, 3.05) is 32.8 Å². The highest BCUT2D eigenvalue weighted by molar-refractivity contribution is 7.89.